The van der Waals surface area contributed by atoms with Crippen molar-refractivity contribution in [3.05, 3.63) is 0 Å². The normalized spacial score (nSPS) is 33.1. The van der Waals surface area contributed by atoms with Gasteiger partial charge in [-0.15, -0.1) is 0 Å². The van der Waals surface area contributed by atoms with Gasteiger partial charge < -0.3 is 18.9 Å². The molecule has 258 valence electrons. The molecule has 6 heteroatoms. The van der Waals surface area contributed by atoms with Gasteiger partial charge in [-0.05, 0) is 78.9 Å². The summed E-state index contributed by atoms with van der Waals surface area (Å²) in [4.78, 5) is 24.1. The van der Waals surface area contributed by atoms with Gasteiger partial charge in [0, 0.05) is 18.3 Å². The molecule has 2 aliphatic rings. The maximum absolute atomic E-state index is 12.5. The monoisotopic (exact) mass is 623 g/mol. The van der Waals surface area contributed by atoms with Crippen LogP contribution in [-0.2, 0) is 28.5 Å². The van der Waals surface area contributed by atoms with Gasteiger partial charge in [-0.2, -0.15) is 0 Å². The molecule has 0 aromatic carbocycles. The lowest BCUT2D eigenvalue weighted by atomic mass is 9.62. The fourth-order valence-corrected chi connectivity index (χ4v) is 8.90. The first-order valence-corrected chi connectivity index (χ1v) is 18.0. The molecule has 0 bridgehead atoms. The summed E-state index contributed by atoms with van der Waals surface area (Å²) in [6, 6.07) is 0. The average molecular weight is 623 g/mol. The van der Waals surface area contributed by atoms with E-state index in [4.69, 9.17) is 18.9 Å². The van der Waals surface area contributed by atoms with Gasteiger partial charge in [-0.3, -0.25) is 9.59 Å². The summed E-state index contributed by atoms with van der Waals surface area (Å²) >= 11 is 0. The molecule has 0 amide bonds. The molecular formula is C38H70O6. The SMILES string of the molecule is CC(=O)CC(=O)OCCC1(OC2OC(CC(C)C)C(C(C)C)C(C(C)C)C2C(C)C)OC(CC(C)C)C(C(C)C)C1C(C)C. The highest BCUT2D eigenvalue weighted by atomic mass is 16.8. The van der Waals surface area contributed by atoms with Gasteiger partial charge >= 0.3 is 5.97 Å². The van der Waals surface area contributed by atoms with Gasteiger partial charge in [-0.25, -0.2) is 0 Å². The molecule has 0 saturated carbocycles. The number of ether oxygens (including phenoxy) is 4. The molecule has 2 aliphatic heterocycles. The van der Waals surface area contributed by atoms with Gasteiger partial charge in [0.15, 0.2) is 12.1 Å². The molecule has 2 fully saturated rings. The van der Waals surface area contributed by atoms with E-state index in [2.05, 4.69) is 96.9 Å². The summed E-state index contributed by atoms with van der Waals surface area (Å²) in [6.07, 6.45) is 1.84. The van der Waals surface area contributed by atoms with Crippen LogP contribution in [0.2, 0.25) is 0 Å². The molecule has 2 saturated heterocycles. The van der Waals surface area contributed by atoms with Crippen molar-refractivity contribution in [1.29, 1.82) is 0 Å². The van der Waals surface area contributed by atoms with Crippen LogP contribution in [0.15, 0.2) is 0 Å². The summed E-state index contributed by atoms with van der Waals surface area (Å²) in [5.41, 5.74) is 0. The highest BCUT2D eigenvalue weighted by Crippen LogP contribution is 2.55. The zero-order valence-electron chi connectivity index (χ0n) is 31.1. The molecule has 0 aliphatic carbocycles. The number of esters is 1. The van der Waals surface area contributed by atoms with Crippen molar-refractivity contribution in [2.45, 2.75) is 154 Å². The van der Waals surface area contributed by atoms with Crippen molar-refractivity contribution in [2.24, 2.45) is 71.0 Å². The zero-order valence-corrected chi connectivity index (χ0v) is 31.1. The summed E-state index contributed by atoms with van der Waals surface area (Å²) < 4.78 is 27.5. The van der Waals surface area contributed by atoms with E-state index in [1.807, 2.05) is 0 Å². The largest absolute Gasteiger partial charge is 0.465 e. The van der Waals surface area contributed by atoms with Crippen molar-refractivity contribution in [3.63, 3.8) is 0 Å². The number of Topliss-reactive ketones (excluding diaryl/α,β-unsaturated/α-hetero) is 1. The third kappa shape index (κ3) is 9.77. The maximum Gasteiger partial charge on any atom is 0.313 e. The molecule has 0 radical (unpaired) electrons. The first-order valence-electron chi connectivity index (χ1n) is 18.0. The third-order valence-electron chi connectivity index (χ3n) is 10.3. The van der Waals surface area contributed by atoms with E-state index in [0.717, 1.165) is 12.8 Å². The summed E-state index contributed by atoms with van der Waals surface area (Å²) in [5, 5.41) is 0. The standard InChI is InChI=1S/C38H70O6/c1-21(2)18-29-32(23(5)6)34(25(9)10)35(26(11)12)37(42-29)44-38(16-17-41-31(40)20-28(15)39)36(27(13)14)33(24(7)8)30(43-38)19-22(3)4/h21-27,29-30,32-37H,16-20H2,1-15H3. The Balaban J connectivity index is 2.68. The summed E-state index contributed by atoms with van der Waals surface area (Å²) in [5.74, 6) is 2.80. The average Bonchev–Trinajstić information content (AvgIpc) is 3.15. The molecule has 2 heterocycles. The lowest BCUT2D eigenvalue weighted by molar-refractivity contribution is -0.371. The van der Waals surface area contributed by atoms with E-state index < -0.39 is 18.0 Å². The lowest BCUT2D eigenvalue weighted by Gasteiger charge is -2.54. The highest BCUT2D eigenvalue weighted by molar-refractivity contribution is 5.94. The van der Waals surface area contributed by atoms with Crippen molar-refractivity contribution >= 4 is 11.8 Å². The van der Waals surface area contributed by atoms with Crippen molar-refractivity contribution in [1.82, 2.24) is 0 Å². The Bertz CT molecular complexity index is 892. The molecule has 0 spiro atoms. The summed E-state index contributed by atoms with van der Waals surface area (Å²) in [7, 11) is 0. The molecule has 44 heavy (non-hydrogen) atoms. The number of carbonyl (C=O) groups excluding carboxylic acids is 2. The van der Waals surface area contributed by atoms with E-state index in [1.165, 1.54) is 6.92 Å². The Morgan fingerprint density at radius 3 is 1.59 bits per heavy atom. The van der Waals surface area contributed by atoms with Crippen LogP contribution in [-0.4, -0.2) is 42.6 Å². The van der Waals surface area contributed by atoms with Gasteiger partial charge in [0.25, 0.3) is 0 Å². The zero-order chi connectivity index (χ0) is 33.7. The Kier molecular flexibility index (Phi) is 14.9. The quantitative estimate of drug-likeness (QED) is 0.126. The van der Waals surface area contributed by atoms with Crippen LogP contribution in [0, 0.1) is 71.0 Å². The number of ketones is 1. The van der Waals surface area contributed by atoms with Crippen molar-refractivity contribution < 1.29 is 28.5 Å². The minimum atomic E-state index is -0.967. The molecular weight excluding hydrogens is 552 g/mol. The fraction of sp³-hybridized carbons (Fsp3) is 0.947. The van der Waals surface area contributed by atoms with E-state index in [-0.39, 0.29) is 48.8 Å². The van der Waals surface area contributed by atoms with Crippen LogP contribution < -0.4 is 0 Å². The summed E-state index contributed by atoms with van der Waals surface area (Å²) in [6.45, 7) is 33.8. The van der Waals surface area contributed by atoms with E-state index in [1.54, 1.807) is 0 Å². The first kappa shape index (κ1) is 39.2. The van der Waals surface area contributed by atoms with Crippen LogP contribution in [0.5, 0.6) is 0 Å². The minimum Gasteiger partial charge on any atom is -0.465 e. The Morgan fingerprint density at radius 2 is 1.16 bits per heavy atom. The van der Waals surface area contributed by atoms with Crippen LogP contribution in [0.25, 0.3) is 0 Å². The van der Waals surface area contributed by atoms with Gasteiger partial charge in [0.2, 0.25) is 0 Å². The first-order chi connectivity index (χ1) is 20.3. The van der Waals surface area contributed by atoms with Crippen LogP contribution >= 0.6 is 0 Å². The number of hydrogen-bond donors (Lipinski definition) is 0. The predicted octanol–water partition coefficient (Wildman–Crippen LogP) is 9.19. The van der Waals surface area contributed by atoms with E-state index in [0.29, 0.717) is 59.7 Å². The van der Waals surface area contributed by atoms with Crippen LogP contribution in [0.1, 0.15) is 130 Å². The van der Waals surface area contributed by atoms with Gasteiger partial charge in [-0.1, -0.05) is 96.9 Å². The van der Waals surface area contributed by atoms with Crippen molar-refractivity contribution in [3.8, 4) is 0 Å². The molecule has 9 atom stereocenters. The predicted molar refractivity (Wildman–Crippen MR) is 179 cm³/mol. The number of hydrogen-bond acceptors (Lipinski definition) is 6. The highest BCUT2D eigenvalue weighted by Gasteiger charge is 2.60. The molecule has 2 rings (SSSR count). The molecule has 0 N–H and O–H groups in total. The Morgan fingerprint density at radius 1 is 0.659 bits per heavy atom. The van der Waals surface area contributed by atoms with Crippen LogP contribution in [0.3, 0.4) is 0 Å². The van der Waals surface area contributed by atoms with Crippen molar-refractivity contribution in [2.75, 3.05) is 6.61 Å². The van der Waals surface area contributed by atoms with Crippen LogP contribution in [0.4, 0.5) is 0 Å². The Labute approximate surface area is 271 Å². The second kappa shape index (κ2) is 16.7. The second-order valence-electron chi connectivity index (χ2n) is 16.8. The molecule has 0 aromatic heterocycles. The Hall–Kier alpha value is -0.980. The maximum atomic E-state index is 12.5. The third-order valence-corrected chi connectivity index (χ3v) is 10.3. The minimum absolute atomic E-state index is 0.0344. The topological polar surface area (TPSA) is 71.1 Å². The van der Waals surface area contributed by atoms with Gasteiger partial charge in [0.1, 0.15) is 12.2 Å². The van der Waals surface area contributed by atoms with Gasteiger partial charge in [0.05, 0.1) is 18.8 Å². The molecule has 9 unspecified atom stereocenters. The smallest absolute Gasteiger partial charge is 0.313 e. The second-order valence-corrected chi connectivity index (χ2v) is 16.8. The molecule has 6 nitrogen and oxygen atoms in total. The fourth-order valence-electron chi connectivity index (χ4n) is 8.90. The number of carbonyl (C=O) groups is 2. The van der Waals surface area contributed by atoms with E-state index in [9.17, 15) is 9.59 Å². The lowest BCUT2D eigenvalue weighted by Crippen LogP contribution is -2.57. The molecule has 0 aromatic rings. The van der Waals surface area contributed by atoms with E-state index >= 15 is 0 Å². The number of rotatable bonds is 16.